The van der Waals surface area contributed by atoms with E-state index in [1.165, 1.54) is 47.5 Å². The highest BCUT2D eigenvalue weighted by Crippen LogP contribution is 2.68. The van der Waals surface area contributed by atoms with Gasteiger partial charge in [0, 0.05) is 56.9 Å². The number of likely N-dealkylation sites (tertiary alicyclic amines) is 4. The minimum Gasteiger partial charge on any atom is -0.468 e. The van der Waals surface area contributed by atoms with Gasteiger partial charge >= 0.3 is 48.1 Å². The molecule has 10 fully saturated rings. The van der Waals surface area contributed by atoms with Crippen molar-refractivity contribution < 1.29 is 85.9 Å². The number of rotatable bonds is 10. The van der Waals surface area contributed by atoms with Gasteiger partial charge in [0.05, 0.1) is 41.6 Å². The Kier molecular flexibility index (Phi) is 27.3. The average molecular weight is 1520 g/mol. The summed E-state index contributed by atoms with van der Waals surface area (Å²) in [4.78, 5) is 142. The number of hydrogen-bond donors (Lipinski definition) is 5. The van der Waals surface area contributed by atoms with Crippen molar-refractivity contribution in [2.75, 3.05) is 75.3 Å². The molecule has 596 valence electrons. The van der Waals surface area contributed by atoms with Crippen LogP contribution in [0.15, 0.2) is 0 Å². The van der Waals surface area contributed by atoms with Crippen LogP contribution in [0, 0.1) is 102 Å². The molecule has 5 aliphatic carbocycles. The summed E-state index contributed by atoms with van der Waals surface area (Å²) in [6.45, 7) is 52.5. The number of fused-ring (bicyclic) bond motifs is 5. The number of nitrogens with zero attached hydrogens (tertiary/aromatic N) is 4. The average Bonchev–Trinajstić information content (AvgIpc) is 1.55. The van der Waals surface area contributed by atoms with Crippen LogP contribution in [0.4, 0.5) is 14.4 Å². The number of halogens is 2. The van der Waals surface area contributed by atoms with Gasteiger partial charge < -0.3 is 74.9 Å². The number of alkyl carbamates (subject to hydrolysis) is 1. The van der Waals surface area contributed by atoms with E-state index in [1.807, 2.05) is 83.1 Å². The number of carbonyl (C=O) groups is 11. The van der Waals surface area contributed by atoms with Crippen molar-refractivity contribution in [2.45, 2.75) is 233 Å². The molecule has 5 aliphatic heterocycles. The normalized spacial score (nSPS) is 30.6. The molecule has 18 atom stereocenters. The number of nitrogens with one attached hydrogen (secondary N) is 4. The molecule has 29 heteroatoms. The minimum absolute atomic E-state index is 0. The van der Waals surface area contributed by atoms with Crippen molar-refractivity contribution in [1.82, 2.24) is 40.9 Å². The van der Waals surface area contributed by atoms with Crippen LogP contribution in [0.1, 0.15) is 173 Å². The van der Waals surface area contributed by atoms with Gasteiger partial charge in [-0.05, 0) is 127 Å². The van der Waals surface area contributed by atoms with E-state index in [1.54, 1.807) is 35.5 Å². The summed E-state index contributed by atoms with van der Waals surface area (Å²) < 4.78 is 35.1. The third kappa shape index (κ3) is 18.4. The summed E-state index contributed by atoms with van der Waals surface area (Å²) in [6.07, 6.45) is -1.07. The molecule has 0 unspecified atom stereocenters. The number of piperidine rings is 5. The Morgan fingerprint density at radius 3 is 0.962 bits per heavy atom. The van der Waals surface area contributed by atoms with Crippen LogP contribution in [0.3, 0.4) is 0 Å². The topological polar surface area (TPSA) is 339 Å². The molecule has 0 aromatic carbocycles. The Morgan fingerprint density at radius 2 is 0.692 bits per heavy atom. The summed E-state index contributed by atoms with van der Waals surface area (Å²) in [6, 6.07) is -4.73. The van der Waals surface area contributed by atoms with Crippen LogP contribution < -0.4 is 27.0 Å². The standard InChI is InChI=1S/C20H34N2O5.C17H29N3O4.C15H26N2O3.C14H23NO4.C9H15NO2.2ClH/c1-18(2,3)14(21-17(25)27-19(4,5)6)15(23)22-10-11-12(20(11,7)8)13(22)16(24)26-9;1-16(2,3)12(19-15(23)18-6)13(21)20-8-9-10(17(9,4)5)11(20)14(22)24-7;1-14(2,3)11(16)12(18)17-7-8-9(15(8,4)5)10(17)13(19)20-6;1-13(2,3)19-12(17)15-7-8-9(14(8,4)5)10(15)11(16)18-6;1-9(2)5-4-10-7(6(5)9)8(11)12-3;;/h11-14H,10H2,1-9H3,(H,21,25);9-12H,8H2,1-7H3,(H2,18,19,23);8-11H,7,16H2,1-6H3;8-10H,7H2,1-6H3;5-7,10H,4H2,1-3H3;2*1H/t11-,12-,13-,14+;9-,10-,11-,12+;8-,9-,10-,11+;8-,9-,10-;5-,6-,7-;;/m00000../s1. The van der Waals surface area contributed by atoms with E-state index in [4.69, 9.17) is 38.9 Å². The van der Waals surface area contributed by atoms with Crippen LogP contribution in [-0.4, -0.2) is 220 Å². The maximum Gasteiger partial charge on any atom is 0.411 e. The molecule has 5 heterocycles. The van der Waals surface area contributed by atoms with Gasteiger partial charge in [0.15, 0.2) is 0 Å². The van der Waals surface area contributed by atoms with E-state index < -0.39 is 88.5 Å². The highest BCUT2D eigenvalue weighted by molar-refractivity contribution is 5.94. The maximum atomic E-state index is 13.3. The number of carbonyl (C=O) groups excluding carboxylic acids is 11. The lowest BCUT2D eigenvalue weighted by Crippen LogP contribution is -2.59. The first kappa shape index (κ1) is 90.5. The van der Waals surface area contributed by atoms with Crippen LogP contribution in [0.25, 0.3) is 0 Å². The Morgan fingerprint density at radius 1 is 0.404 bits per heavy atom. The third-order valence-electron chi connectivity index (χ3n) is 24.2. The highest BCUT2D eigenvalue weighted by Gasteiger charge is 2.74. The number of nitrogens with two attached hydrogens (primary N) is 1. The fraction of sp³-hybridized carbons (Fsp3) is 0.853. The van der Waals surface area contributed by atoms with Gasteiger partial charge in [-0.3, -0.25) is 24.1 Å². The van der Waals surface area contributed by atoms with Crippen molar-refractivity contribution in [1.29, 1.82) is 0 Å². The summed E-state index contributed by atoms with van der Waals surface area (Å²) in [5, 5.41) is 11.1. The first-order chi connectivity index (χ1) is 46.3. The van der Waals surface area contributed by atoms with E-state index in [2.05, 4.69) is 90.5 Å². The number of amides is 7. The van der Waals surface area contributed by atoms with Crippen molar-refractivity contribution in [3.8, 4) is 0 Å². The van der Waals surface area contributed by atoms with E-state index >= 15 is 0 Å². The molecular weight excluding hydrogens is 1390 g/mol. The highest BCUT2D eigenvalue weighted by atomic mass is 35.5. The SMILES string of the molecule is CNC(=O)N[C@H](C(=O)N1C[C@H]2[C@@H]([C@H]1C(=O)OC)C2(C)C)C(C)(C)C.COC(=O)[C@@H]1[C@@H]2[C@H](CN1C(=O)OC(C)(C)C)C2(C)C.COC(=O)[C@@H]1[C@@H]2[C@H](CN1C(=O)[C@@H](N)C(C)(C)C)C2(C)C.COC(=O)[C@@H]1[C@@H]2[C@H](CN1C(=O)[C@@H](NC(=O)OC(C)(C)C)C(C)(C)C)C2(C)C.COC(=O)[C@H]1NC[C@H]2[C@@H]1C2(C)C.Cl.Cl. The molecule has 5 saturated carbocycles. The van der Waals surface area contributed by atoms with Crippen LogP contribution >= 0.6 is 24.8 Å². The molecule has 27 nitrogen and oxygen atoms in total. The molecule has 0 radical (unpaired) electrons. The number of methoxy groups -OCH3 is 5. The van der Waals surface area contributed by atoms with Crippen molar-refractivity contribution in [2.24, 2.45) is 108 Å². The monoisotopic (exact) mass is 1510 g/mol. The van der Waals surface area contributed by atoms with Gasteiger partial charge in [-0.25, -0.2) is 33.6 Å². The summed E-state index contributed by atoms with van der Waals surface area (Å²) in [5.41, 5.74) is 4.13. The van der Waals surface area contributed by atoms with Crippen molar-refractivity contribution in [3.63, 3.8) is 0 Å². The number of ether oxygens (including phenoxy) is 7. The molecule has 6 N–H and O–H groups in total. The van der Waals surface area contributed by atoms with Crippen LogP contribution in [0.2, 0.25) is 0 Å². The number of urea groups is 1. The Hall–Kier alpha value is -5.93. The van der Waals surface area contributed by atoms with Gasteiger partial charge in [0.1, 0.15) is 53.5 Å². The molecular formula is C75H129Cl2N9O18. The molecule has 0 aromatic heterocycles. The molecule has 10 rings (SSSR count). The van der Waals surface area contributed by atoms with Gasteiger partial charge in [-0.1, -0.05) is 132 Å². The minimum atomic E-state index is -0.805. The van der Waals surface area contributed by atoms with Crippen LogP contribution in [-0.2, 0) is 71.5 Å². The third-order valence-corrected chi connectivity index (χ3v) is 24.2. The first-order valence-electron chi connectivity index (χ1n) is 36.1. The molecule has 7 amide bonds. The first-order valence-corrected chi connectivity index (χ1v) is 36.1. The predicted octanol–water partition coefficient (Wildman–Crippen LogP) is 7.88. The number of esters is 5. The Labute approximate surface area is 630 Å². The van der Waals surface area contributed by atoms with Gasteiger partial charge in [-0.15, -0.1) is 24.8 Å². The lowest BCUT2D eigenvalue weighted by atomic mass is 9.85. The van der Waals surface area contributed by atoms with E-state index in [0.29, 0.717) is 61.2 Å². The van der Waals surface area contributed by atoms with Crippen LogP contribution in [0.5, 0.6) is 0 Å². The summed E-state index contributed by atoms with van der Waals surface area (Å²) >= 11 is 0. The van der Waals surface area contributed by atoms with Crippen molar-refractivity contribution in [3.05, 3.63) is 0 Å². The fourth-order valence-corrected chi connectivity index (χ4v) is 17.3. The van der Waals surface area contributed by atoms with E-state index in [-0.39, 0.29) is 129 Å². The second kappa shape index (κ2) is 31.3. The quantitative estimate of drug-likeness (QED) is 0.102. The van der Waals surface area contributed by atoms with Gasteiger partial charge in [-0.2, -0.15) is 0 Å². The maximum absolute atomic E-state index is 13.3. The lowest BCUT2D eigenvalue weighted by molar-refractivity contribution is -0.154. The predicted molar refractivity (Wildman–Crippen MR) is 394 cm³/mol. The van der Waals surface area contributed by atoms with Gasteiger partial charge in [0.2, 0.25) is 17.7 Å². The zero-order valence-electron chi connectivity index (χ0n) is 68.0. The molecule has 104 heavy (non-hydrogen) atoms. The molecule has 0 spiro atoms. The Bertz CT molecular complexity index is 3220. The fourth-order valence-electron chi connectivity index (χ4n) is 17.3. The second-order valence-corrected chi connectivity index (χ2v) is 38.0. The summed E-state index contributed by atoms with van der Waals surface area (Å²) in [7, 11) is 8.37. The molecule has 0 bridgehead atoms. The number of hydrogen-bond acceptors (Lipinski definition) is 20. The zero-order chi connectivity index (χ0) is 78.4. The molecule has 5 saturated heterocycles. The molecule has 10 aliphatic rings. The lowest BCUT2D eigenvalue weighted by Gasteiger charge is -2.37. The Balaban J connectivity index is 0.000000279. The zero-order valence-corrected chi connectivity index (χ0v) is 69.6. The summed E-state index contributed by atoms with van der Waals surface area (Å²) in [5.74, 6) is 0.906. The molecule has 0 aromatic rings. The van der Waals surface area contributed by atoms with Gasteiger partial charge in [0.25, 0.3) is 0 Å². The van der Waals surface area contributed by atoms with E-state index in [9.17, 15) is 52.7 Å². The van der Waals surface area contributed by atoms with Crippen molar-refractivity contribution >= 4 is 90.6 Å². The van der Waals surface area contributed by atoms with E-state index in [0.717, 1.165) is 6.54 Å². The smallest absolute Gasteiger partial charge is 0.411 e. The second-order valence-electron chi connectivity index (χ2n) is 38.0. The largest absolute Gasteiger partial charge is 0.468 e.